The summed E-state index contributed by atoms with van der Waals surface area (Å²) in [5, 5.41) is 10.1. The fraction of sp³-hybridized carbons (Fsp3) is 0.706. The summed E-state index contributed by atoms with van der Waals surface area (Å²) in [6.45, 7) is 3.76. The van der Waals surface area contributed by atoms with Crippen LogP contribution in [0, 0.1) is 5.92 Å². The second-order valence-electron chi connectivity index (χ2n) is 6.99. The van der Waals surface area contributed by atoms with Crippen LogP contribution in [0.4, 0.5) is 0 Å². The average Bonchev–Trinajstić information content (AvgIpc) is 3.15. The van der Waals surface area contributed by atoms with Crippen molar-refractivity contribution in [1.82, 2.24) is 15.8 Å². The van der Waals surface area contributed by atoms with Gasteiger partial charge in [0.2, 0.25) is 5.91 Å². The summed E-state index contributed by atoms with van der Waals surface area (Å²) in [6.07, 6.45) is 6.57. The first-order chi connectivity index (χ1) is 11.0. The van der Waals surface area contributed by atoms with Crippen LogP contribution in [0.2, 0.25) is 0 Å². The molecule has 6 heteroatoms. The van der Waals surface area contributed by atoms with E-state index in [9.17, 15) is 9.59 Å². The van der Waals surface area contributed by atoms with Crippen LogP contribution in [0.25, 0.3) is 0 Å². The number of hydrogen-bond acceptors (Lipinski definition) is 4. The molecule has 126 valence electrons. The van der Waals surface area contributed by atoms with E-state index in [2.05, 4.69) is 15.8 Å². The number of nitrogens with zero attached hydrogens (tertiary/aromatic N) is 1. The molecule has 23 heavy (non-hydrogen) atoms. The highest BCUT2D eigenvalue weighted by Crippen LogP contribution is 2.25. The number of rotatable bonds is 4. The highest BCUT2D eigenvalue weighted by molar-refractivity contribution is 5.94. The minimum absolute atomic E-state index is 0.0380. The van der Waals surface area contributed by atoms with Gasteiger partial charge in [-0.15, -0.1) is 0 Å². The van der Waals surface area contributed by atoms with Crippen LogP contribution < -0.4 is 10.6 Å². The van der Waals surface area contributed by atoms with Crippen molar-refractivity contribution < 1.29 is 14.1 Å². The molecule has 0 spiro atoms. The van der Waals surface area contributed by atoms with E-state index < -0.39 is 0 Å². The minimum Gasteiger partial charge on any atom is -0.360 e. The van der Waals surface area contributed by atoms with Crippen molar-refractivity contribution in [2.45, 2.75) is 70.9 Å². The lowest BCUT2D eigenvalue weighted by Crippen LogP contribution is -2.41. The Morgan fingerprint density at radius 3 is 2.57 bits per heavy atom. The molecule has 2 N–H and O–H groups in total. The van der Waals surface area contributed by atoms with Crippen LogP contribution in [-0.2, 0) is 17.6 Å². The van der Waals surface area contributed by atoms with Gasteiger partial charge in [0.05, 0.1) is 0 Å². The number of nitrogens with one attached hydrogen (secondary N) is 2. The van der Waals surface area contributed by atoms with Gasteiger partial charge >= 0.3 is 0 Å². The van der Waals surface area contributed by atoms with E-state index >= 15 is 0 Å². The monoisotopic (exact) mass is 319 g/mol. The van der Waals surface area contributed by atoms with Gasteiger partial charge in [-0.1, -0.05) is 31.8 Å². The summed E-state index contributed by atoms with van der Waals surface area (Å²) in [7, 11) is 0. The van der Waals surface area contributed by atoms with Gasteiger partial charge in [-0.05, 0) is 25.7 Å². The van der Waals surface area contributed by atoms with Gasteiger partial charge < -0.3 is 15.2 Å². The largest absolute Gasteiger partial charge is 0.360 e. The van der Waals surface area contributed by atoms with E-state index in [-0.39, 0.29) is 29.8 Å². The standard InChI is InChI=1S/C17H25N3O3/c1-10(2)16(21)19-12-7-8-14-13(9-12)15(20-23-14)17(22)18-11-5-3-4-6-11/h10-12H,3-9H2,1-2H3,(H,18,22)(H,19,21). The third kappa shape index (κ3) is 3.57. The predicted octanol–water partition coefficient (Wildman–Crippen LogP) is 1.98. The van der Waals surface area contributed by atoms with Crippen molar-refractivity contribution in [3.8, 4) is 0 Å². The Bertz CT molecular complexity index is 588. The topological polar surface area (TPSA) is 84.2 Å². The third-order valence-electron chi connectivity index (χ3n) is 4.82. The lowest BCUT2D eigenvalue weighted by molar-refractivity contribution is -0.124. The number of hydrogen-bond donors (Lipinski definition) is 2. The zero-order valence-corrected chi connectivity index (χ0v) is 13.9. The molecule has 0 radical (unpaired) electrons. The number of amides is 2. The fourth-order valence-electron chi connectivity index (χ4n) is 3.40. The summed E-state index contributed by atoms with van der Waals surface area (Å²) in [5.74, 6) is 0.658. The van der Waals surface area contributed by atoms with E-state index in [1.54, 1.807) is 0 Å². The third-order valence-corrected chi connectivity index (χ3v) is 4.82. The van der Waals surface area contributed by atoms with Gasteiger partial charge in [-0.25, -0.2) is 0 Å². The van der Waals surface area contributed by atoms with Crippen LogP contribution in [0.3, 0.4) is 0 Å². The van der Waals surface area contributed by atoms with E-state index in [1.807, 2.05) is 13.8 Å². The van der Waals surface area contributed by atoms with E-state index in [0.717, 1.165) is 30.6 Å². The van der Waals surface area contributed by atoms with Crippen molar-refractivity contribution in [3.05, 3.63) is 17.0 Å². The van der Waals surface area contributed by atoms with Gasteiger partial charge in [0, 0.05) is 30.0 Å². The number of aryl methyl sites for hydroxylation is 1. The van der Waals surface area contributed by atoms with Crippen LogP contribution in [-0.4, -0.2) is 29.1 Å². The first-order valence-corrected chi connectivity index (χ1v) is 8.63. The van der Waals surface area contributed by atoms with Gasteiger partial charge in [0.25, 0.3) is 5.91 Å². The van der Waals surface area contributed by atoms with Crippen LogP contribution in [0.1, 0.15) is 67.8 Å². The number of fused-ring (bicyclic) bond motifs is 1. The second-order valence-corrected chi connectivity index (χ2v) is 6.99. The van der Waals surface area contributed by atoms with Crippen LogP contribution in [0.5, 0.6) is 0 Å². The second kappa shape index (κ2) is 6.72. The normalized spacial score (nSPS) is 21.3. The molecule has 1 saturated carbocycles. The quantitative estimate of drug-likeness (QED) is 0.889. The molecular formula is C17H25N3O3. The molecule has 2 amide bonds. The van der Waals surface area contributed by atoms with E-state index in [4.69, 9.17) is 4.52 Å². The molecule has 3 rings (SSSR count). The van der Waals surface area contributed by atoms with Gasteiger partial charge in [-0.3, -0.25) is 9.59 Å². The SMILES string of the molecule is CC(C)C(=O)NC1CCc2onc(C(=O)NC3CCCC3)c2C1. The van der Waals surface area contributed by atoms with Crippen LogP contribution in [0.15, 0.2) is 4.52 Å². The van der Waals surface area contributed by atoms with Gasteiger partial charge in [0.15, 0.2) is 5.69 Å². The molecule has 0 aliphatic heterocycles. The van der Waals surface area contributed by atoms with Crippen molar-refractivity contribution in [2.24, 2.45) is 5.92 Å². The highest BCUT2D eigenvalue weighted by Gasteiger charge is 2.30. The molecule has 1 fully saturated rings. The number of aromatic nitrogens is 1. The summed E-state index contributed by atoms with van der Waals surface area (Å²) in [5.41, 5.74) is 1.26. The van der Waals surface area contributed by atoms with Crippen molar-refractivity contribution >= 4 is 11.8 Å². The van der Waals surface area contributed by atoms with Gasteiger partial charge in [0.1, 0.15) is 5.76 Å². The predicted molar refractivity (Wildman–Crippen MR) is 85.0 cm³/mol. The molecule has 2 aliphatic carbocycles. The molecule has 6 nitrogen and oxygen atoms in total. The molecule has 0 aromatic carbocycles. The smallest absolute Gasteiger partial charge is 0.273 e. The van der Waals surface area contributed by atoms with E-state index in [0.29, 0.717) is 18.5 Å². The maximum Gasteiger partial charge on any atom is 0.273 e. The van der Waals surface area contributed by atoms with Crippen LogP contribution >= 0.6 is 0 Å². The molecule has 0 saturated heterocycles. The molecule has 0 bridgehead atoms. The maximum atomic E-state index is 12.4. The highest BCUT2D eigenvalue weighted by atomic mass is 16.5. The lowest BCUT2D eigenvalue weighted by atomic mass is 9.91. The van der Waals surface area contributed by atoms with E-state index in [1.165, 1.54) is 12.8 Å². The minimum atomic E-state index is -0.141. The molecule has 1 aromatic heterocycles. The van der Waals surface area contributed by atoms with Crippen molar-refractivity contribution in [1.29, 1.82) is 0 Å². The zero-order chi connectivity index (χ0) is 16.4. The fourth-order valence-corrected chi connectivity index (χ4v) is 3.40. The Morgan fingerprint density at radius 1 is 1.13 bits per heavy atom. The maximum absolute atomic E-state index is 12.4. The summed E-state index contributed by atoms with van der Waals surface area (Å²) in [6, 6.07) is 0.310. The first-order valence-electron chi connectivity index (χ1n) is 8.63. The number of carbonyl (C=O) groups is 2. The average molecular weight is 319 g/mol. The Hall–Kier alpha value is -1.85. The molecule has 2 aliphatic rings. The molecular weight excluding hydrogens is 294 g/mol. The summed E-state index contributed by atoms with van der Waals surface area (Å²) in [4.78, 5) is 24.3. The summed E-state index contributed by atoms with van der Waals surface area (Å²) >= 11 is 0. The summed E-state index contributed by atoms with van der Waals surface area (Å²) < 4.78 is 5.35. The zero-order valence-electron chi connectivity index (χ0n) is 13.9. The molecule has 1 unspecified atom stereocenters. The molecule has 1 heterocycles. The van der Waals surface area contributed by atoms with Crippen molar-refractivity contribution in [3.63, 3.8) is 0 Å². The Kier molecular flexibility index (Phi) is 4.68. The van der Waals surface area contributed by atoms with Gasteiger partial charge in [-0.2, -0.15) is 0 Å². The molecule has 1 atom stereocenters. The van der Waals surface area contributed by atoms with Crippen molar-refractivity contribution in [2.75, 3.05) is 0 Å². The Balaban J connectivity index is 1.67. The Labute approximate surface area is 136 Å². The first kappa shape index (κ1) is 16.0. The molecule has 1 aromatic rings. The lowest BCUT2D eigenvalue weighted by Gasteiger charge is -2.23. The number of carbonyl (C=O) groups excluding carboxylic acids is 2. The Morgan fingerprint density at radius 2 is 1.87 bits per heavy atom.